The Morgan fingerprint density at radius 1 is 1.36 bits per heavy atom. The summed E-state index contributed by atoms with van der Waals surface area (Å²) in [6.45, 7) is 2.55. The van der Waals surface area contributed by atoms with Gasteiger partial charge in [-0.15, -0.1) is 0 Å². The highest BCUT2D eigenvalue weighted by Crippen LogP contribution is 2.20. The Bertz CT molecular complexity index is 739. The molecule has 1 amide bonds. The van der Waals surface area contributed by atoms with Gasteiger partial charge >= 0.3 is 0 Å². The van der Waals surface area contributed by atoms with E-state index < -0.39 is 0 Å². The molecule has 132 valence electrons. The summed E-state index contributed by atoms with van der Waals surface area (Å²) in [7, 11) is 0. The van der Waals surface area contributed by atoms with E-state index in [1.165, 1.54) is 0 Å². The fourth-order valence-corrected chi connectivity index (χ4v) is 2.76. The molecule has 1 aromatic heterocycles. The summed E-state index contributed by atoms with van der Waals surface area (Å²) in [4.78, 5) is 27.9. The fraction of sp³-hybridized carbons (Fsp3) is 0.444. The maximum Gasteiger partial charge on any atom is 0.251 e. The summed E-state index contributed by atoms with van der Waals surface area (Å²) in [5, 5.41) is 6.64. The maximum atomic E-state index is 12.1. The van der Waals surface area contributed by atoms with Crippen molar-refractivity contribution in [2.24, 2.45) is 5.92 Å². The molecule has 2 aromatic rings. The van der Waals surface area contributed by atoms with E-state index in [1.807, 2.05) is 6.92 Å². The Kier molecular flexibility index (Phi) is 5.42. The lowest BCUT2D eigenvalue weighted by Gasteiger charge is -2.10. The van der Waals surface area contributed by atoms with Crippen LogP contribution < -0.4 is 10.1 Å². The molecule has 1 unspecified atom stereocenters. The molecule has 0 saturated heterocycles. The van der Waals surface area contributed by atoms with Gasteiger partial charge in [0.15, 0.2) is 6.61 Å². The molecule has 1 aliphatic carbocycles. The highest BCUT2D eigenvalue weighted by molar-refractivity contribution is 5.94. The number of hydrogen-bond donors (Lipinski definition) is 1. The van der Waals surface area contributed by atoms with Crippen LogP contribution in [-0.2, 0) is 17.8 Å². The molecule has 7 nitrogen and oxygen atoms in total. The van der Waals surface area contributed by atoms with Crippen molar-refractivity contribution in [2.45, 2.75) is 39.2 Å². The third-order valence-corrected chi connectivity index (χ3v) is 4.24. The van der Waals surface area contributed by atoms with E-state index in [0.29, 0.717) is 42.4 Å². The smallest absolute Gasteiger partial charge is 0.251 e. The lowest BCUT2D eigenvalue weighted by Crippen LogP contribution is -2.30. The Labute approximate surface area is 145 Å². The van der Waals surface area contributed by atoms with Crippen LogP contribution in [0.1, 0.15) is 48.3 Å². The van der Waals surface area contributed by atoms with Crippen molar-refractivity contribution < 1.29 is 18.8 Å². The highest BCUT2D eigenvalue weighted by Gasteiger charge is 2.24. The molecule has 1 heterocycles. The number of ether oxygens (including phenoxy) is 1. The van der Waals surface area contributed by atoms with Gasteiger partial charge in [-0.2, -0.15) is 4.98 Å². The van der Waals surface area contributed by atoms with Gasteiger partial charge in [0.2, 0.25) is 11.7 Å². The number of amides is 1. The molecule has 1 atom stereocenters. The Morgan fingerprint density at radius 3 is 2.80 bits per heavy atom. The third kappa shape index (κ3) is 4.43. The third-order valence-electron chi connectivity index (χ3n) is 4.24. The second-order valence-corrected chi connectivity index (χ2v) is 6.04. The first-order chi connectivity index (χ1) is 12.2. The minimum Gasteiger partial charge on any atom is -0.485 e. The molecule has 1 fully saturated rings. The molecule has 25 heavy (non-hydrogen) atoms. The van der Waals surface area contributed by atoms with Gasteiger partial charge in [-0.05, 0) is 37.1 Å². The van der Waals surface area contributed by atoms with Crippen molar-refractivity contribution in [1.82, 2.24) is 15.5 Å². The number of aryl methyl sites for hydroxylation is 1. The summed E-state index contributed by atoms with van der Waals surface area (Å²) >= 11 is 0. The number of ketones is 1. The molecule has 0 aliphatic heterocycles. The van der Waals surface area contributed by atoms with Crippen LogP contribution in [-0.4, -0.2) is 28.4 Å². The predicted molar refractivity (Wildman–Crippen MR) is 89.1 cm³/mol. The van der Waals surface area contributed by atoms with Crippen LogP contribution in [0.15, 0.2) is 28.8 Å². The average Bonchev–Trinajstić information content (AvgIpc) is 3.27. The van der Waals surface area contributed by atoms with Crippen LogP contribution in [0.3, 0.4) is 0 Å². The van der Waals surface area contributed by atoms with Gasteiger partial charge in [0.25, 0.3) is 5.91 Å². The number of nitrogens with one attached hydrogen (secondary N) is 1. The van der Waals surface area contributed by atoms with Crippen LogP contribution in [0.4, 0.5) is 0 Å². The summed E-state index contributed by atoms with van der Waals surface area (Å²) in [5.41, 5.74) is 0.533. The number of carbonyl (C=O) groups is 2. The lowest BCUT2D eigenvalue weighted by atomic mass is 10.1. The van der Waals surface area contributed by atoms with Crippen molar-refractivity contribution in [3.8, 4) is 5.75 Å². The summed E-state index contributed by atoms with van der Waals surface area (Å²) < 4.78 is 10.6. The highest BCUT2D eigenvalue weighted by atomic mass is 16.5. The zero-order valence-corrected chi connectivity index (χ0v) is 14.2. The van der Waals surface area contributed by atoms with Gasteiger partial charge in [0.05, 0.1) is 0 Å². The van der Waals surface area contributed by atoms with Gasteiger partial charge in [-0.3, -0.25) is 9.59 Å². The van der Waals surface area contributed by atoms with Crippen LogP contribution in [0.2, 0.25) is 0 Å². The predicted octanol–water partition coefficient (Wildman–Crippen LogP) is 2.31. The van der Waals surface area contributed by atoms with Crippen LogP contribution in [0, 0.1) is 5.92 Å². The molecule has 7 heteroatoms. The summed E-state index contributed by atoms with van der Waals surface area (Å²) in [6.07, 6.45) is 3.10. The molecule has 1 aliphatic rings. The maximum absolute atomic E-state index is 12.1. The van der Waals surface area contributed by atoms with Gasteiger partial charge in [-0.1, -0.05) is 12.1 Å². The molecule has 0 bridgehead atoms. The van der Waals surface area contributed by atoms with E-state index >= 15 is 0 Å². The number of hydrogen-bond acceptors (Lipinski definition) is 6. The Balaban J connectivity index is 1.49. The number of rotatable bonds is 7. The van der Waals surface area contributed by atoms with E-state index in [-0.39, 0.29) is 24.2 Å². The van der Waals surface area contributed by atoms with E-state index in [0.717, 1.165) is 12.8 Å². The van der Waals surface area contributed by atoms with E-state index in [1.54, 1.807) is 24.3 Å². The zero-order valence-electron chi connectivity index (χ0n) is 14.2. The number of Topliss-reactive ketones (excluding diaryl/α,β-unsaturated/α-hetero) is 1. The normalized spacial score (nSPS) is 16.8. The van der Waals surface area contributed by atoms with Crippen molar-refractivity contribution >= 4 is 11.7 Å². The van der Waals surface area contributed by atoms with Gasteiger partial charge in [-0.25, -0.2) is 0 Å². The minimum atomic E-state index is -0.183. The molecule has 1 N–H and O–H groups in total. The quantitative estimate of drug-likeness (QED) is 0.829. The number of carbonyl (C=O) groups excluding carboxylic acids is 2. The van der Waals surface area contributed by atoms with Gasteiger partial charge in [0, 0.05) is 30.9 Å². The SMILES string of the molecule is CCc1nc(COc2ccc(C(=O)NCC3CCCC3=O)cc2)no1. The lowest BCUT2D eigenvalue weighted by molar-refractivity contribution is -0.120. The van der Waals surface area contributed by atoms with Gasteiger partial charge < -0.3 is 14.6 Å². The zero-order chi connectivity index (χ0) is 17.6. The topological polar surface area (TPSA) is 94.3 Å². The van der Waals surface area contributed by atoms with Gasteiger partial charge in [0.1, 0.15) is 11.5 Å². The monoisotopic (exact) mass is 343 g/mol. The van der Waals surface area contributed by atoms with Crippen molar-refractivity contribution in [1.29, 1.82) is 0 Å². The second-order valence-electron chi connectivity index (χ2n) is 6.04. The van der Waals surface area contributed by atoms with E-state index in [4.69, 9.17) is 9.26 Å². The van der Waals surface area contributed by atoms with Crippen LogP contribution >= 0.6 is 0 Å². The van der Waals surface area contributed by atoms with Crippen molar-refractivity contribution in [2.75, 3.05) is 6.54 Å². The second kappa shape index (κ2) is 7.92. The van der Waals surface area contributed by atoms with Crippen molar-refractivity contribution in [3.05, 3.63) is 41.5 Å². The fourth-order valence-electron chi connectivity index (χ4n) is 2.76. The molecule has 0 radical (unpaired) electrons. The standard InChI is InChI=1S/C18H21N3O4/c1-2-17-20-16(21-25-17)11-24-14-8-6-12(7-9-14)18(23)19-10-13-4-3-5-15(13)22/h6-9,13H,2-5,10-11H2,1H3,(H,19,23). The minimum absolute atomic E-state index is 0.0328. The Morgan fingerprint density at radius 2 is 2.16 bits per heavy atom. The molecule has 0 spiro atoms. The molecule has 1 aromatic carbocycles. The summed E-state index contributed by atoms with van der Waals surface area (Å²) in [6, 6.07) is 6.82. The van der Waals surface area contributed by atoms with E-state index in [2.05, 4.69) is 15.5 Å². The number of nitrogens with zero attached hydrogens (tertiary/aromatic N) is 2. The van der Waals surface area contributed by atoms with Crippen LogP contribution in [0.25, 0.3) is 0 Å². The first-order valence-electron chi connectivity index (χ1n) is 8.51. The number of aromatic nitrogens is 2. The Hall–Kier alpha value is -2.70. The van der Waals surface area contributed by atoms with E-state index in [9.17, 15) is 9.59 Å². The summed E-state index contributed by atoms with van der Waals surface area (Å²) in [5.74, 6) is 1.71. The molecule has 3 rings (SSSR count). The average molecular weight is 343 g/mol. The first kappa shape index (κ1) is 17.1. The number of benzene rings is 1. The largest absolute Gasteiger partial charge is 0.485 e. The van der Waals surface area contributed by atoms with Crippen LogP contribution in [0.5, 0.6) is 5.75 Å². The molecular weight excluding hydrogens is 322 g/mol. The van der Waals surface area contributed by atoms with Crippen molar-refractivity contribution in [3.63, 3.8) is 0 Å². The molecule has 1 saturated carbocycles. The molecular formula is C18H21N3O4. The first-order valence-corrected chi connectivity index (χ1v) is 8.51.